The van der Waals surface area contributed by atoms with Gasteiger partial charge in [0.05, 0.1) is 34.5 Å². The van der Waals surface area contributed by atoms with Gasteiger partial charge in [-0.1, -0.05) is 24.3 Å². The van der Waals surface area contributed by atoms with E-state index >= 15 is 0 Å². The molecule has 0 bridgehead atoms. The molecule has 124 valence electrons. The highest BCUT2D eigenvalue weighted by Crippen LogP contribution is 2.36. The Bertz CT molecular complexity index is 858. The molecule has 25 heavy (non-hydrogen) atoms. The second-order valence-corrected chi connectivity index (χ2v) is 7.24. The molecule has 0 unspecified atom stereocenters. The highest BCUT2D eigenvalue weighted by atomic mass is 16.7. The largest absolute Gasteiger partial charge is 0.494 e. The molecule has 0 saturated carbocycles. The summed E-state index contributed by atoms with van der Waals surface area (Å²) >= 11 is 0. The molecule has 0 radical (unpaired) electrons. The maximum Gasteiger partial charge on any atom is 0.494 e. The van der Waals surface area contributed by atoms with E-state index in [9.17, 15) is 10.5 Å². The third kappa shape index (κ3) is 3.17. The molecule has 0 atom stereocenters. The van der Waals surface area contributed by atoms with Crippen molar-refractivity contribution >= 4 is 12.6 Å². The molecule has 1 aliphatic heterocycles. The van der Waals surface area contributed by atoms with E-state index in [1.54, 1.807) is 18.2 Å². The van der Waals surface area contributed by atoms with E-state index in [4.69, 9.17) is 9.31 Å². The van der Waals surface area contributed by atoms with E-state index in [-0.39, 0.29) is 0 Å². The van der Waals surface area contributed by atoms with Crippen molar-refractivity contribution in [1.82, 2.24) is 0 Å². The lowest BCUT2D eigenvalue weighted by molar-refractivity contribution is 0.00578. The molecule has 1 heterocycles. The molecule has 3 rings (SSSR count). The summed E-state index contributed by atoms with van der Waals surface area (Å²) in [7, 11) is -0.445. The molecule has 0 spiro atoms. The Kier molecular flexibility index (Phi) is 4.17. The second kappa shape index (κ2) is 6.04. The third-order valence-corrected chi connectivity index (χ3v) is 4.94. The molecular formula is C20H19BN2O2. The summed E-state index contributed by atoms with van der Waals surface area (Å²) in [6.07, 6.45) is 0. The summed E-state index contributed by atoms with van der Waals surface area (Å²) in [6.45, 7) is 8.08. The third-order valence-electron chi connectivity index (χ3n) is 4.94. The Labute approximate surface area is 148 Å². The molecule has 1 aliphatic rings. The van der Waals surface area contributed by atoms with E-state index in [1.807, 2.05) is 52.0 Å². The Balaban J connectivity index is 1.99. The van der Waals surface area contributed by atoms with E-state index in [0.29, 0.717) is 11.1 Å². The van der Waals surface area contributed by atoms with Gasteiger partial charge in [-0.2, -0.15) is 10.5 Å². The van der Waals surface area contributed by atoms with Gasteiger partial charge in [-0.05, 0) is 62.5 Å². The molecule has 0 aromatic heterocycles. The Morgan fingerprint density at radius 1 is 0.800 bits per heavy atom. The van der Waals surface area contributed by atoms with Gasteiger partial charge in [0.1, 0.15) is 0 Å². The van der Waals surface area contributed by atoms with Crippen LogP contribution >= 0.6 is 0 Å². The molecule has 0 aliphatic carbocycles. The molecule has 1 saturated heterocycles. The summed E-state index contributed by atoms with van der Waals surface area (Å²) in [4.78, 5) is 0. The van der Waals surface area contributed by atoms with Crippen LogP contribution in [0, 0.1) is 22.7 Å². The quantitative estimate of drug-likeness (QED) is 0.792. The van der Waals surface area contributed by atoms with Crippen LogP contribution in [0.2, 0.25) is 0 Å². The Morgan fingerprint density at radius 3 is 1.88 bits per heavy atom. The van der Waals surface area contributed by atoms with E-state index < -0.39 is 18.3 Å². The predicted molar refractivity (Wildman–Crippen MR) is 97.0 cm³/mol. The van der Waals surface area contributed by atoms with Gasteiger partial charge in [0.15, 0.2) is 0 Å². The Hall–Kier alpha value is -2.60. The van der Waals surface area contributed by atoms with Crippen LogP contribution < -0.4 is 5.46 Å². The fraction of sp³-hybridized carbons (Fsp3) is 0.300. The normalized spacial score (nSPS) is 17.8. The van der Waals surface area contributed by atoms with Gasteiger partial charge >= 0.3 is 7.12 Å². The second-order valence-electron chi connectivity index (χ2n) is 7.24. The van der Waals surface area contributed by atoms with Crippen molar-refractivity contribution in [2.75, 3.05) is 0 Å². The van der Waals surface area contributed by atoms with Crippen LogP contribution in [0.1, 0.15) is 38.8 Å². The fourth-order valence-corrected chi connectivity index (χ4v) is 2.77. The van der Waals surface area contributed by atoms with Crippen LogP contribution in [0.4, 0.5) is 0 Å². The van der Waals surface area contributed by atoms with Crippen molar-refractivity contribution < 1.29 is 9.31 Å². The molecule has 0 N–H and O–H groups in total. The molecule has 4 nitrogen and oxygen atoms in total. The molecule has 0 amide bonds. The maximum absolute atomic E-state index is 9.17. The smallest absolute Gasteiger partial charge is 0.399 e. The molecular weight excluding hydrogens is 311 g/mol. The van der Waals surface area contributed by atoms with Crippen molar-refractivity contribution in [3.8, 4) is 23.3 Å². The lowest BCUT2D eigenvalue weighted by atomic mass is 9.78. The summed E-state index contributed by atoms with van der Waals surface area (Å²) in [5.41, 5.74) is 2.79. The van der Waals surface area contributed by atoms with Gasteiger partial charge in [0.25, 0.3) is 0 Å². The van der Waals surface area contributed by atoms with Gasteiger partial charge in [0, 0.05) is 0 Å². The highest BCUT2D eigenvalue weighted by molar-refractivity contribution is 6.62. The van der Waals surface area contributed by atoms with Crippen molar-refractivity contribution in [3.63, 3.8) is 0 Å². The van der Waals surface area contributed by atoms with Crippen molar-refractivity contribution in [2.45, 2.75) is 38.9 Å². The van der Waals surface area contributed by atoms with Crippen molar-refractivity contribution in [2.24, 2.45) is 0 Å². The van der Waals surface area contributed by atoms with Gasteiger partial charge in [-0.3, -0.25) is 0 Å². The number of rotatable bonds is 2. The van der Waals surface area contributed by atoms with Crippen molar-refractivity contribution in [1.29, 1.82) is 10.5 Å². The average Bonchev–Trinajstić information content (AvgIpc) is 2.82. The molecule has 1 fully saturated rings. The maximum atomic E-state index is 9.17. The lowest BCUT2D eigenvalue weighted by Gasteiger charge is -2.32. The zero-order chi connectivity index (χ0) is 18.2. The first-order valence-electron chi connectivity index (χ1n) is 8.17. The summed E-state index contributed by atoms with van der Waals surface area (Å²) in [5.74, 6) is 0. The van der Waals surface area contributed by atoms with Crippen LogP contribution in [-0.4, -0.2) is 18.3 Å². The zero-order valence-electron chi connectivity index (χ0n) is 14.8. The van der Waals surface area contributed by atoms with Crippen LogP contribution in [0.5, 0.6) is 0 Å². The van der Waals surface area contributed by atoms with Gasteiger partial charge in [-0.15, -0.1) is 0 Å². The number of benzene rings is 2. The standard InChI is InChI=1S/C20H19BN2O2/c1-19(2)20(3,4)25-21(24-19)18-7-5-6-16(11-18)17-9-14(12-22)8-15(10-17)13-23/h5-11H,1-4H3. The van der Waals surface area contributed by atoms with Crippen molar-refractivity contribution in [3.05, 3.63) is 53.6 Å². The fourth-order valence-electron chi connectivity index (χ4n) is 2.77. The average molecular weight is 330 g/mol. The number of hydrogen-bond acceptors (Lipinski definition) is 4. The monoisotopic (exact) mass is 330 g/mol. The summed E-state index contributed by atoms with van der Waals surface area (Å²) in [5, 5.41) is 18.3. The lowest BCUT2D eigenvalue weighted by Crippen LogP contribution is -2.41. The first-order chi connectivity index (χ1) is 11.8. The van der Waals surface area contributed by atoms with Crippen LogP contribution in [0.15, 0.2) is 42.5 Å². The molecule has 5 heteroatoms. The summed E-state index contributed by atoms with van der Waals surface area (Å²) < 4.78 is 12.2. The number of nitriles is 2. The Morgan fingerprint density at radius 2 is 1.36 bits per heavy atom. The van der Waals surface area contributed by atoms with E-state index in [2.05, 4.69) is 12.1 Å². The zero-order valence-corrected chi connectivity index (χ0v) is 14.8. The van der Waals surface area contributed by atoms with Gasteiger partial charge < -0.3 is 9.31 Å². The first kappa shape index (κ1) is 17.2. The molecule has 2 aromatic rings. The predicted octanol–water partition coefficient (Wildman–Crippen LogP) is 3.40. The number of hydrogen-bond donors (Lipinski definition) is 0. The van der Waals surface area contributed by atoms with Crippen LogP contribution in [0.25, 0.3) is 11.1 Å². The minimum atomic E-state index is -0.445. The topological polar surface area (TPSA) is 66.0 Å². The van der Waals surface area contributed by atoms with Crippen LogP contribution in [0.3, 0.4) is 0 Å². The summed E-state index contributed by atoms with van der Waals surface area (Å²) in [6, 6.07) is 17.2. The highest BCUT2D eigenvalue weighted by Gasteiger charge is 2.51. The minimum absolute atomic E-state index is 0.400. The van der Waals surface area contributed by atoms with E-state index in [1.165, 1.54) is 0 Å². The van der Waals surface area contributed by atoms with E-state index in [0.717, 1.165) is 16.6 Å². The van der Waals surface area contributed by atoms with Crippen LogP contribution in [-0.2, 0) is 9.31 Å². The minimum Gasteiger partial charge on any atom is -0.399 e. The first-order valence-corrected chi connectivity index (χ1v) is 8.17. The number of nitrogens with zero attached hydrogens (tertiary/aromatic N) is 2. The SMILES string of the molecule is CC1(C)OB(c2cccc(-c3cc(C#N)cc(C#N)c3)c2)OC1(C)C. The molecule has 2 aromatic carbocycles. The van der Waals surface area contributed by atoms with Gasteiger partial charge in [0.2, 0.25) is 0 Å². The van der Waals surface area contributed by atoms with Gasteiger partial charge in [-0.25, -0.2) is 0 Å².